The lowest BCUT2D eigenvalue weighted by Gasteiger charge is -2.15. The van der Waals surface area contributed by atoms with E-state index >= 15 is 0 Å². The Morgan fingerprint density at radius 1 is 0.213 bits per heavy atom. The van der Waals surface area contributed by atoms with Gasteiger partial charge >= 0.3 is 0 Å². The number of benzene rings is 11. The van der Waals surface area contributed by atoms with Gasteiger partial charge in [-0.25, -0.2) is 15.0 Å². The minimum Gasteiger partial charge on any atom is -0.309 e. The van der Waals surface area contributed by atoms with E-state index in [-0.39, 0.29) is 0 Å². The molecule has 75 heavy (non-hydrogen) atoms. The van der Waals surface area contributed by atoms with E-state index in [1.54, 1.807) is 0 Å². The summed E-state index contributed by atoms with van der Waals surface area (Å²) in [5.41, 5.74) is 17.5. The lowest BCUT2D eigenvalue weighted by atomic mass is 9.94. The molecule has 0 N–H and O–H groups in total. The molecule has 4 aromatic heterocycles. The van der Waals surface area contributed by atoms with Gasteiger partial charge in [0.25, 0.3) is 0 Å². The van der Waals surface area contributed by atoms with Crippen molar-refractivity contribution in [2.45, 2.75) is 0 Å². The molecule has 15 rings (SSSR count). The highest BCUT2D eigenvalue weighted by atomic mass is 15.0. The molecule has 6 heteroatoms. The first-order chi connectivity index (χ1) is 37.2. The van der Waals surface area contributed by atoms with Crippen LogP contribution in [0.4, 0.5) is 0 Å². The molecular weight excluding hydrogens is 913 g/mol. The van der Waals surface area contributed by atoms with Crippen LogP contribution in [0.5, 0.6) is 0 Å². The van der Waals surface area contributed by atoms with Crippen LogP contribution in [0.15, 0.2) is 267 Å². The van der Waals surface area contributed by atoms with Gasteiger partial charge in [-0.1, -0.05) is 176 Å². The fourth-order valence-electron chi connectivity index (χ4n) is 11.5. The van der Waals surface area contributed by atoms with E-state index in [0.717, 1.165) is 72.6 Å². The molecule has 0 aliphatic rings. The second-order valence-electron chi connectivity index (χ2n) is 19.2. The Kier molecular flexibility index (Phi) is 9.78. The molecule has 15 aromatic rings. The monoisotopic (exact) mass is 956 g/mol. The zero-order chi connectivity index (χ0) is 49.4. The second-order valence-corrected chi connectivity index (χ2v) is 19.2. The lowest BCUT2D eigenvalue weighted by Crippen LogP contribution is -2.01. The van der Waals surface area contributed by atoms with Gasteiger partial charge in [0.15, 0.2) is 17.5 Å². The van der Waals surface area contributed by atoms with Gasteiger partial charge in [0.05, 0.1) is 33.1 Å². The third-order valence-corrected chi connectivity index (χ3v) is 14.8. The summed E-state index contributed by atoms with van der Waals surface area (Å²) in [5.74, 6) is 1.86. The van der Waals surface area contributed by atoms with E-state index in [1.165, 1.54) is 48.9 Å². The van der Waals surface area contributed by atoms with E-state index in [1.807, 2.05) is 36.4 Å². The zero-order valence-corrected chi connectivity index (χ0v) is 40.6. The predicted octanol–water partition coefficient (Wildman–Crippen LogP) is 17.5. The van der Waals surface area contributed by atoms with Gasteiger partial charge in [-0.05, 0) is 108 Å². The van der Waals surface area contributed by atoms with Crippen LogP contribution < -0.4 is 0 Å². The molecule has 0 aliphatic carbocycles. The summed E-state index contributed by atoms with van der Waals surface area (Å²) in [6, 6.07) is 95.6. The lowest BCUT2D eigenvalue weighted by molar-refractivity contribution is 1.07. The van der Waals surface area contributed by atoms with E-state index < -0.39 is 0 Å². The smallest absolute Gasteiger partial charge is 0.164 e. The number of fused-ring (bicyclic) bond motifs is 9. The van der Waals surface area contributed by atoms with Crippen molar-refractivity contribution in [1.29, 1.82) is 0 Å². The summed E-state index contributed by atoms with van der Waals surface area (Å²) in [5, 5.41) is 7.18. The normalized spacial score (nSPS) is 11.7. The molecule has 0 unspecified atom stereocenters. The van der Waals surface area contributed by atoms with Crippen LogP contribution in [0.25, 0.3) is 139 Å². The van der Waals surface area contributed by atoms with Crippen molar-refractivity contribution in [2.75, 3.05) is 0 Å². The van der Waals surface area contributed by atoms with Crippen molar-refractivity contribution in [2.24, 2.45) is 0 Å². The molecule has 0 bridgehead atoms. The average molecular weight is 957 g/mol. The summed E-state index contributed by atoms with van der Waals surface area (Å²) in [4.78, 5) is 15.3. The van der Waals surface area contributed by atoms with Gasteiger partial charge in [-0.15, -0.1) is 0 Å². The quantitative estimate of drug-likeness (QED) is 0.152. The predicted molar refractivity (Wildman–Crippen MR) is 310 cm³/mol. The third-order valence-electron chi connectivity index (χ3n) is 14.8. The minimum absolute atomic E-state index is 0.608. The van der Waals surface area contributed by atoms with E-state index in [0.29, 0.717) is 17.5 Å². The average Bonchev–Trinajstić information content (AvgIpc) is 4.19. The van der Waals surface area contributed by atoms with Crippen molar-refractivity contribution < 1.29 is 0 Å². The molecule has 4 heterocycles. The molecule has 0 amide bonds. The largest absolute Gasteiger partial charge is 0.309 e. The van der Waals surface area contributed by atoms with Crippen LogP contribution in [-0.2, 0) is 0 Å². The number of hydrogen-bond acceptors (Lipinski definition) is 3. The number of hydrogen-bond donors (Lipinski definition) is 0. The Labute approximate surface area is 432 Å². The molecule has 11 aromatic carbocycles. The number of para-hydroxylation sites is 5. The van der Waals surface area contributed by atoms with Gasteiger partial charge in [0.2, 0.25) is 0 Å². The zero-order valence-electron chi connectivity index (χ0n) is 40.6. The van der Waals surface area contributed by atoms with E-state index in [4.69, 9.17) is 15.0 Å². The Morgan fingerprint density at radius 3 is 1.15 bits per heavy atom. The minimum atomic E-state index is 0.608. The summed E-state index contributed by atoms with van der Waals surface area (Å²) in [6.07, 6.45) is 0. The Morgan fingerprint density at radius 2 is 0.600 bits per heavy atom. The Hall–Kier alpha value is -10.2. The molecule has 0 atom stereocenters. The maximum atomic E-state index is 5.16. The van der Waals surface area contributed by atoms with Crippen LogP contribution in [0.1, 0.15) is 0 Å². The number of aromatic nitrogens is 6. The molecule has 0 saturated heterocycles. The van der Waals surface area contributed by atoms with E-state index in [9.17, 15) is 0 Å². The van der Waals surface area contributed by atoms with Crippen LogP contribution in [0, 0.1) is 0 Å². The van der Waals surface area contributed by atoms with Crippen LogP contribution in [0.2, 0.25) is 0 Å². The second kappa shape index (κ2) is 17.3. The highest BCUT2D eigenvalue weighted by Crippen LogP contribution is 2.45. The molecule has 6 nitrogen and oxygen atoms in total. The Balaban J connectivity index is 0.989. The highest BCUT2D eigenvalue weighted by Gasteiger charge is 2.22. The Bertz CT molecular complexity index is 4630. The first kappa shape index (κ1) is 42.5. The summed E-state index contributed by atoms with van der Waals surface area (Å²) < 4.78 is 7.21. The standard InChI is InChI=1S/C69H44N6/c1-5-20-45(21-6-1)67-70-68(46-22-7-2-8-23-46)72-69(71-67)49-24-19-29-53(40-49)75-63-35-18-15-32-56(63)60-44-50(47-36-38-64-58(41-47)54-30-13-16-33-61(54)73(64)51-25-9-3-10-26-51)43-57(66(60)75)48-37-39-65-59(42-48)55-31-14-17-34-62(55)74(65)52-27-11-4-12-28-52/h1-44H. The van der Waals surface area contributed by atoms with Crippen molar-refractivity contribution in [3.05, 3.63) is 267 Å². The van der Waals surface area contributed by atoms with Gasteiger partial charge in [0, 0.05) is 71.6 Å². The molecule has 0 radical (unpaired) electrons. The highest BCUT2D eigenvalue weighted by molar-refractivity contribution is 6.18. The van der Waals surface area contributed by atoms with Gasteiger partial charge in [-0.2, -0.15) is 0 Å². The maximum Gasteiger partial charge on any atom is 0.164 e. The third kappa shape index (κ3) is 6.99. The van der Waals surface area contributed by atoms with Crippen molar-refractivity contribution in [3.63, 3.8) is 0 Å². The fourth-order valence-corrected chi connectivity index (χ4v) is 11.5. The topological polar surface area (TPSA) is 53.5 Å². The molecule has 0 saturated carbocycles. The van der Waals surface area contributed by atoms with Crippen molar-refractivity contribution >= 4 is 65.4 Å². The van der Waals surface area contributed by atoms with Gasteiger partial charge in [-0.3, -0.25) is 0 Å². The molecule has 0 spiro atoms. The van der Waals surface area contributed by atoms with E-state index in [2.05, 4.69) is 244 Å². The van der Waals surface area contributed by atoms with Crippen LogP contribution in [0.3, 0.4) is 0 Å². The van der Waals surface area contributed by atoms with Crippen molar-refractivity contribution in [3.8, 4) is 73.5 Å². The number of nitrogens with zero attached hydrogens (tertiary/aromatic N) is 6. The maximum absolute atomic E-state index is 5.16. The summed E-state index contributed by atoms with van der Waals surface area (Å²) in [6.45, 7) is 0. The molecular formula is C69H44N6. The first-order valence-electron chi connectivity index (χ1n) is 25.4. The van der Waals surface area contributed by atoms with Gasteiger partial charge in [0.1, 0.15) is 0 Å². The summed E-state index contributed by atoms with van der Waals surface area (Å²) in [7, 11) is 0. The van der Waals surface area contributed by atoms with Crippen molar-refractivity contribution in [1.82, 2.24) is 28.7 Å². The van der Waals surface area contributed by atoms with Crippen LogP contribution in [-0.4, -0.2) is 28.7 Å². The molecule has 350 valence electrons. The first-order valence-corrected chi connectivity index (χ1v) is 25.4. The molecule has 0 aliphatic heterocycles. The fraction of sp³-hybridized carbons (Fsp3) is 0. The molecule has 0 fully saturated rings. The SMILES string of the molecule is c1ccc(-c2nc(-c3ccccc3)nc(-c3cccc(-n4c5ccccc5c5cc(-c6ccc7c(c6)c6ccccc6n7-c6ccccc6)cc(-c6ccc7c(c6)c6ccccc6n7-c6ccccc6)c54)c3)n2)cc1. The number of rotatable bonds is 8. The summed E-state index contributed by atoms with van der Waals surface area (Å²) >= 11 is 0. The van der Waals surface area contributed by atoms with Gasteiger partial charge < -0.3 is 13.7 Å². The van der Waals surface area contributed by atoms with Crippen LogP contribution >= 0.6 is 0 Å².